The second-order valence-corrected chi connectivity index (χ2v) is 6.57. The number of hydrogen-bond donors (Lipinski definition) is 2. The number of carbonyl (C=O) groups is 2. The Morgan fingerprint density at radius 2 is 1.69 bits per heavy atom. The zero-order valence-corrected chi connectivity index (χ0v) is 14.7. The average molecular weight is 346 g/mol. The summed E-state index contributed by atoms with van der Waals surface area (Å²) in [5.41, 5.74) is 8.46. The number of hydrogen-bond acceptors (Lipinski definition) is 2. The molecule has 0 fully saturated rings. The molecule has 0 saturated carbocycles. The van der Waals surface area contributed by atoms with Gasteiger partial charge in [0.1, 0.15) is 6.04 Å². The molecule has 2 amide bonds. The van der Waals surface area contributed by atoms with Crippen molar-refractivity contribution >= 4 is 22.6 Å². The van der Waals surface area contributed by atoms with Crippen LogP contribution in [-0.4, -0.2) is 17.9 Å². The summed E-state index contributed by atoms with van der Waals surface area (Å²) in [5.74, 6) is -0.741. The van der Waals surface area contributed by atoms with Gasteiger partial charge >= 0.3 is 0 Å². The molecule has 132 valence electrons. The van der Waals surface area contributed by atoms with Gasteiger partial charge in [0, 0.05) is 6.42 Å². The van der Waals surface area contributed by atoms with Crippen molar-refractivity contribution in [3.8, 4) is 0 Å². The summed E-state index contributed by atoms with van der Waals surface area (Å²) in [7, 11) is 0. The van der Waals surface area contributed by atoms with Crippen LogP contribution in [0.4, 0.5) is 0 Å². The number of primary amides is 1. The Balaban J connectivity index is 1.68. The molecule has 0 saturated heterocycles. The Morgan fingerprint density at radius 3 is 2.42 bits per heavy atom. The van der Waals surface area contributed by atoms with Gasteiger partial charge in [-0.3, -0.25) is 9.59 Å². The van der Waals surface area contributed by atoms with E-state index in [9.17, 15) is 9.59 Å². The van der Waals surface area contributed by atoms with Crippen molar-refractivity contribution in [3.05, 3.63) is 83.4 Å². The van der Waals surface area contributed by atoms with Crippen LogP contribution in [0.15, 0.2) is 66.7 Å². The van der Waals surface area contributed by atoms with Crippen LogP contribution in [0.3, 0.4) is 0 Å². The van der Waals surface area contributed by atoms with Gasteiger partial charge in [-0.15, -0.1) is 0 Å². The molecule has 3 aromatic carbocycles. The van der Waals surface area contributed by atoms with Crippen molar-refractivity contribution in [3.63, 3.8) is 0 Å². The highest BCUT2D eigenvalue weighted by Crippen LogP contribution is 2.16. The van der Waals surface area contributed by atoms with Crippen molar-refractivity contribution in [2.75, 3.05) is 0 Å². The number of aryl methyl sites for hydroxylation is 1. The Hall–Kier alpha value is -3.14. The minimum Gasteiger partial charge on any atom is -0.368 e. The summed E-state index contributed by atoms with van der Waals surface area (Å²) >= 11 is 0. The third kappa shape index (κ3) is 4.48. The maximum absolute atomic E-state index is 12.4. The molecule has 0 radical (unpaired) electrons. The van der Waals surface area contributed by atoms with E-state index < -0.39 is 11.9 Å². The fourth-order valence-corrected chi connectivity index (χ4v) is 3.08. The first-order valence-electron chi connectivity index (χ1n) is 8.63. The standard InChI is InChI=1S/C22H22N2O2/c1-15-5-4-6-16(11-15)13-20(22(23)26)24-21(25)14-17-9-10-18-7-2-3-8-19(18)12-17/h2-12,20H,13-14H2,1H3,(H2,23,26)(H,24,25)/t20-/m1/s1. The first-order chi connectivity index (χ1) is 12.5. The minimum absolute atomic E-state index is 0.211. The fraction of sp³-hybridized carbons (Fsp3) is 0.182. The molecular formula is C22H22N2O2. The molecule has 0 heterocycles. The number of nitrogens with one attached hydrogen (secondary N) is 1. The Labute approximate surface area is 153 Å². The van der Waals surface area contributed by atoms with Gasteiger partial charge in [-0.2, -0.15) is 0 Å². The minimum atomic E-state index is -0.718. The lowest BCUT2D eigenvalue weighted by Crippen LogP contribution is -2.46. The molecule has 0 aliphatic carbocycles. The van der Waals surface area contributed by atoms with Crippen molar-refractivity contribution in [2.45, 2.75) is 25.8 Å². The number of nitrogens with two attached hydrogens (primary N) is 1. The topological polar surface area (TPSA) is 72.2 Å². The molecule has 1 atom stereocenters. The molecule has 0 aromatic heterocycles. The van der Waals surface area contributed by atoms with Crippen LogP contribution in [0.25, 0.3) is 10.8 Å². The molecule has 3 rings (SSSR count). The molecule has 4 heteroatoms. The molecule has 26 heavy (non-hydrogen) atoms. The first kappa shape index (κ1) is 17.7. The largest absolute Gasteiger partial charge is 0.368 e. The van der Waals surface area contributed by atoms with E-state index in [0.29, 0.717) is 6.42 Å². The van der Waals surface area contributed by atoms with Crippen LogP contribution in [0.2, 0.25) is 0 Å². The predicted molar refractivity (Wildman–Crippen MR) is 104 cm³/mol. The highest BCUT2D eigenvalue weighted by Gasteiger charge is 2.19. The second-order valence-electron chi connectivity index (χ2n) is 6.57. The molecule has 0 unspecified atom stereocenters. The third-order valence-corrected chi connectivity index (χ3v) is 4.38. The number of rotatable bonds is 6. The lowest BCUT2D eigenvalue weighted by Gasteiger charge is -2.16. The van der Waals surface area contributed by atoms with Gasteiger partial charge in [0.25, 0.3) is 0 Å². The van der Waals surface area contributed by atoms with E-state index in [4.69, 9.17) is 5.73 Å². The number of amides is 2. The van der Waals surface area contributed by atoms with E-state index in [2.05, 4.69) is 5.32 Å². The van der Waals surface area contributed by atoms with Gasteiger partial charge in [-0.25, -0.2) is 0 Å². The van der Waals surface area contributed by atoms with Crippen LogP contribution in [0, 0.1) is 6.92 Å². The smallest absolute Gasteiger partial charge is 0.240 e. The lowest BCUT2D eigenvalue weighted by molar-refractivity contribution is -0.127. The summed E-state index contributed by atoms with van der Waals surface area (Å²) < 4.78 is 0. The maximum atomic E-state index is 12.4. The molecule has 0 aliphatic rings. The van der Waals surface area contributed by atoms with E-state index >= 15 is 0 Å². The Bertz CT molecular complexity index is 950. The SMILES string of the molecule is Cc1cccc(C[C@@H](NC(=O)Cc2ccc3ccccc3c2)C(N)=O)c1. The molecule has 0 aliphatic heterocycles. The van der Waals surface area contributed by atoms with Crippen LogP contribution in [0.1, 0.15) is 16.7 Å². The number of benzene rings is 3. The Morgan fingerprint density at radius 1 is 0.923 bits per heavy atom. The van der Waals surface area contributed by atoms with Crippen molar-refractivity contribution in [2.24, 2.45) is 5.73 Å². The maximum Gasteiger partial charge on any atom is 0.240 e. The summed E-state index contributed by atoms with van der Waals surface area (Å²) in [6, 6.07) is 21.0. The lowest BCUT2D eigenvalue weighted by atomic mass is 10.0. The van der Waals surface area contributed by atoms with Gasteiger partial charge in [-0.05, 0) is 28.8 Å². The van der Waals surface area contributed by atoms with Gasteiger partial charge in [0.05, 0.1) is 6.42 Å². The number of carbonyl (C=O) groups excluding carboxylic acids is 2. The third-order valence-electron chi connectivity index (χ3n) is 4.38. The van der Waals surface area contributed by atoms with E-state index in [1.165, 1.54) is 0 Å². The number of fused-ring (bicyclic) bond motifs is 1. The van der Waals surface area contributed by atoms with Crippen LogP contribution < -0.4 is 11.1 Å². The zero-order valence-electron chi connectivity index (χ0n) is 14.7. The van der Waals surface area contributed by atoms with Gasteiger partial charge in [0.2, 0.25) is 11.8 Å². The Kier molecular flexibility index (Phi) is 5.32. The normalized spacial score (nSPS) is 11.9. The molecule has 3 N–H and O–H groups in total. The molecule has 3 aromatic rings. The second kappa shape index (κ2) is 7.83. The predicted octanol–water partition coefficient (Wildman–Crippen LogP) is 2.90. The van der Waals surface area contributed by atoms with E-state index in [1.54, 1.807) is 0 Å². The molecular weight excluding hydrogens is 324 g/mol. The van der Waals surface area contributed by atoms with Gasteiger partial charge < -0.3 is 11.1 Å². The molecule has 0 spiro atoms. The molecule has 0 bridgehead atoms. The van der Waals surface area contributed by atoms with E-state index in [0.717, 1.165) is 27.5 Å². The van der Waals surface area contributed by atoms with Crippen LogP contribution in [-0.2, 0) is 22.4 Å². The van der Waals surface area contributed by atoms with Crippen molar-refractivity contribution in [1.29, 1.82) is 0 Å². The monoisotopic (exact) mass is 346 g/mol. The zero-order chi connectivity index (χ0) is 18.5. The van der Waals surface area contributed by atoms with E-state index in [1.807, 2.05) is 73.7 Å². The summed E-state index contributed by atoms with van der Waals surface area (Å²) in [4.78, 5) is 24.2. The highest BCUT2D eigenvalue weighted by molar-refractivity contribution is 5.89. The summed E-state index contributed by atoms with van der Waals surface area (Å²) in [6.07, 6.45) is 0.600. The first-order valence-corrected chi connectivity index (χ1v) is 8.63. The fourth-order valence-electron chi connectivity index (χ4n) is 3.08. The van der Waals surface area contributed by atoms with Crippen LogP contribution >= 0.6 is 0 Å². The van der Waals surface area contributed by atoms with E-state index in [-0.39, 0.29) is 12.3 Å². The highest BCUT2D eigenvalue weighted by atomic mass is 16.2. The summed E-state index contributed by atoms with van der Waals surface area (Å²) in [6.45, 7) is 1.99. The van der Waals surface area contributed by atoms with Gasteiger partial charge in [-0.1, -0.05) is 72.3 Å². The average Bonchev–Trinajstić information content (AvgIpc) is 2.61. The summed E-state index contributed by atoms with van der Waals surface area (Å²) in [5, 5.41) is 4.99. The van der Waals surface area contributed by atoms with Crippen LogP contribution in [0.5, 0.6) is 0 Å². The molecule has 4 nitrogen and oxygen atoms in total. The van der Waals surface area contributed by atoms with Crippen molar-refractivity contribution < 1.29 is 9.59 Å². The van der Waals surface area contributed by atoms with Crippen molar-refractivity contribution in [1.82, 2.24) is 5.32 Å². The van der Waals surface area contributed by atoms with Gasteiger partial charge in [0.15, 0.2) is 0 Å². The quantitative estimate of drug-likeness (QED) is 0.720.